The highest BCUT2D eigenvalue weighted by Gasteiger charge is 2.64. The summed E-state index contributed by atoms with van der Waals surface area (Å²) in [5.41, 5.74) is 5.36. The molecule has 2 amide bonds. The van der Waals surface area contributed by atoms with Crippen LogP contribution >= 0.6 is 11.6 Å². The molecule has 1 saturated heterocycles. The van der Waals surface area contributed by atoms with E-state index in [1.165, 1.54) is 12.7 Å². The Labute approximate surface area is 386 Å². The smallest absolute Gasteiger partial charge is 0.414 e. The van der Waals surface area contributed by atoms with Gasteiger partial charge in [-0.05, 0) is 88.1 Å². The molecule has 3 atom stereocenters. The van der Waals surface area contributed by atoms with Crippen LogP contribution in [0.3, 0.4) is 0 Å². The van der Waals surface area contributed by atoms with Crippen LogP contribution in [0.4, 0.5) is 16.4 Å². The van der Waals surface area contributed by atoms with Crippen LogP contribution in [0.25, 0.3) is 11.0 Å². The molecular weight excluding hydrogens is 840 g/mol. The van der Waals surface area contributed by atoms with Gasteiger partial charge in [0.25, 0.3) is 5.91 Å². The van der Waals surface area contributed by atoms with E-state index in [0.29, 0.717) is 27.8 Å². The van der Waals surface area contributed by atoms with Gasteiger partial charge >= 0.3 is 6.09 Å². The number of piperidine rings is 1. The summed E-state index contributed by atoms with van der Waals surface area (Å²) in [6.45, 7) is 11.9. The molecule has 2 saturated carbocycles. The minimum atomic E-state index is -0.389. The zero-order valence-corrected chi connectivity index (χ0v) is 39.0. The van der Waals surface area contributed by atoms with Crippen molar-refractivity contribution in [3.63, 3.8) is 0 Å². The number of imidazole rings is 1. The van der Waals surface area contributed by atoms with Gasteiger partial charge in [0.05, 0.1) is 52.2 Å². The molecule has 2 aliphatic heterocycles. The molecule has 14 heteroatoms. The average molecular weight is 900 g/mol. The van der Waals surface area contributed by atoms with Gasteiger partial charge in [0.2, 0.25) is 5.95 Å². The first-order valence-corrected chi connectivity index (χ1v) is 23.5. The lowest BCUT2D eigenvalue weighted by Gasteiger charge is -2.63. The lowest BCUT2D eigenvalue weighted by atomic mass is 9.49. The van der Waals surface area contributed by atoms with E-state index < -0.39 is 0 Å². The zero-order chi connectivity index (χ0) is 45.6. The third-order valence-corrected chi connectivity index (χ3v) is 14.8. The molecule has 340 valence electrons. The number of fused-ring (bicyclic) bond motifs is 3. The first kappa shape index (κ1) is 44.5. The topological polar surface area (TPSA) is 148 Å². The molecule has 4 heterocycles. The third-order valence-electron chi connectivity index (χ3n) is 14.5. The summed E-state index contributed by atoms with van der Waals surface area (Å²) in [5, 5.41) is 12.8. The van der Waals surface area contributed by atoms with Crippen molar-refractivity contribution in [1.82, 2.24) is 24.8 Å². The van der Waals surface area contributed by atoms with Crippen molar-refractivity contribution in [1.29, 1.82) is 5.26 Å². The number of aryl methyl sites for hydroxylation is 1. The number of aromatic nitrogens is 4. The molecule has 0 bridgehead atoms. The molecule has 0 radical (unpaired) electrons. The van der Waals surface area contributed by atoms with E-state index >= 15 is 0 Å². The fourth-order valence-electron chi connectivity index (χ4n) is 11.5. The minimum Gasteiger partial charge on any atom is -0.489 e. The van der Waals surface area contributed by atoms with Gasteiger partial charge in [0.1, 0.15) is 23.7 Å². The molecule has 1 N–H and O–H groups in total. The van der Waals surface area contributed by atoms with E-state index in [1.807, 2.05) is 6.07 Å². The standard InChI is InChI=1S/C51H59ClN8O5/c1-31-15-18-39-41(59(31)49(62)63-6)19-20-42-44(39)56-43(25-32-11-8-7-9-12-32)60(42)35-13-10-14-37(26-35)64-36-21-23-58(24-22-36)48-54-29-34(30-55-48)45(61)57-46-50(2,3)47(51(46,4)5)65-38-17-16-33(28-53)40(52)27-38/h7-9,11-12,16-17,19-20,27,29-31,35-37,46-47H,10,13-15,18,21-26H2,1-6H3,(H,57,61)/t31-,35+,37+,46?,47?/m0/s1. The van der Waals surface area contributed by atoms with E-state index in [9.17, 15) is 14.9 Å². The summed E-state index contributed by atoms with van der Waals surface area (Å²) in [6, 6.07) is 22.1. The van der Waals surface area contributed by atoms with Crippen LogP contribution < -0.4 is 19.9 Å². The molecule has 3 aromatic carbocycles. The Bertz CT molecular complexity index is 2580. The molecule has 4 aliphatic rings. The Kier molecular flexibility index (Phi) is 12.3. The van der Waals surface area contributed by atoms with Crippen LogP contribution in [-0.2, 0) is 22.3 Å². The average Bonchev–Trinajstić information content (AvgIpc) is 3.68. The first-order chi connectivity index (χ1) is 31.3. The van der Waals surface area contributed by atoms with Crippen molar-refractivity contribution in [2.24, 2.45) is 10.8 Å². The summed E-state index contributed by atoms with van der Waals surface area (Å²) >= 11 is 6.28. The fraction of sp³-hybridized carbons (Fsp3) is 0.490. The molecule has 0 spiro atoms. The second-order valence-electron chi connectivity index (χ2n) is 19.6. The number of ether oxygens (including phenoxy) is 3. The second kappa shape index (κ2) is 17.9. The van der Waals surface area contributed by atoms with Crippen molar-refractivity contribution < 1.29 is 23.8 Å². The number of methoxy groups -OCH3 is 1. The number of benzene rings is 3. The quantitative estimate of drug-likeness (QED) is 0.144. The second-order valence-corrected chi connectivity index (χ2v) is 20.0. The van der Waals surface area contributed by atoms with Crippen LogP contribution in [0.1, 0.15) is 118 Å². The largest absolute Gasteiger partial charge is 0.489 e. The number of hydrogen-bond donors (Lipinski definition) is 1. The lowest BCUT2D eigenvalue weighted by molar-refractivity contribution is -0.164. The number of anilines is 2. The predicted molar refractivity (Wildman–Crippen MR) is 251 cm³/mol. The van der Waals surface area contributed by atoms with Gasteiger partial charge in [-0.2, -0.15) is 5.26 Å². The van der Waals surface area contributed by atoms with Gasteiger partial charge in [0.15, 0.2) is 0 Å². The van der Waals surface area contributed by atoms with Gasteiger partial charge < -0.3 is 29.0 Å². The number of rotatable bonds is 10. The number of carbonyl (C=O) groups excluding carboxylic acids is 2. The highest BCUT2D eigenvalue weighted by atomic mass is 35.5. The van der Waals surface area contributed by atoms with Crippen molar-refractivity contribution in [2.75, 3.05) is 30.0 Å². The monoisotopic (exact) mass is 898 g/mol. The van der Waals surface area contributed by atoms with E-state index in [4.69, 9.17) is 30.8 Å². The molecule has 2 aliphatic carbocycles. The number of amides is 2. The van der Waals surface area contributed by atoms with Crippen LogP contribution in [0.5, 0.6) is 5.75 Å². The highest BCUT2D eigenvalue weighted by Crippen LogP contribution is 2.55. The van der Waals surface area contributed by atoms with Crippen molar-refractivity contribution >= 4 is 46.3 Å². The SMILES string of the molecule is COC(=O)N1c2ccc3c(nc(Cc4ccccc4)n3[C@@H]3CCC[C@@H](OC4CCN(c5ncc(C(=O)NC6C(C)(C)C(Oc7ccc(C#N)c(Cl)c7)C6(C)C)cn5)CC4)C3)c2CC[C@@H]1C. The number of halogens is 1. The molecule has 3 fully saturated rings. The predicted octanol–water partition coefficient (Wildman–Crippen LogP) is 9.63. The molecule has 5 aromatic rings. The maximum absolute atomic E-state index is 13.6. The summed E-state index contributed by atoms with van der Waals surface area (Å²) in [6.07, 6.45) is 11.2. The minimum absolute atomic E-state index is 0.0482. The van der Waals surface area contributed by atoms with Gasteiger partial charge in [-0.15, -0.1) is 0 Å². The molecule has 9 rings (SSSR count). The van der Waals surface area contributed by atoms with E-state index in [0.717, 1.165) is 99.0 Å². The maximum Gasteiger partial charge on any atom is 0.414 e. The number of carbonyl (C=O) groups is 2. The summed E-state index contributed by atoms with van der Waals surface area (Å²) < 4.78 is 21.0. The van der Waals surface area contributed by atoms with Crippen molar-refractivity contribution in [3.8, 4) is 11.8 Å². The summed E-state index contributed by atoms with van der Waals surface area (Å²) in [5.74, 6) is 2.02. The van der Waals surface area contributed by atoms with Crippen LogP contribution in [0, 0.1) is 22.2 Å². The Morgan fingerprint density at radius 3 is 2.37 bits per heavy atom. The number of hydrogen-bond acceptors (Lipinski definition) is 10. The van der Waals surface area contributed by atoms with Crippen LogP contribution in [-0.4, -0.2) is 82.1 Å². The van der Waals surface area contributed by atoms with Gasteiger partial charge in [-0.25, -0.2) is 19.7 Å². The lowest BCUT2D eigenvalue weighted by Crippen LogP contribution is -2.74. The van der Waals surface area contributed by atoms with Crippen LogP contribution in [0.15, 0.2) is 73.1 Å². The third kappa shape index (κ3) is 8.51. The normalized spacial score (nSPS) is 23.8. The van der Waals surface area contributed by atoms with Gasteiger partial charge in [-0.3, -0.25) is 9.69 Å². The van der Waals surface area contributed by atoms with Crippen LogP contribution in [0.2, 0.25) is 5.02 Å². The fourth-order valence-corrected chi connectivity index (χ4v) is 11.7. The Hall–Kier alpha value is -5.71. The summed E-state index contributed by atoms with van der Waals surface area (Å²) in [4.78, 5) is 45.1. The van der Waals surface area contributed by atoms with Crippen molar-refractivity contribution in [3.05, 3.63) is 106 Å². The van der Waals surface area contributed by atoms with E-state index in [1.54, 1.807) is 35.5 Å². The highest BCUT2D eigenvalue weighted by molar-refractivity contribution is 6.31. The summed E-state index contributed by atoms with van der Waals surface area (Å²) in [7, 11) is 1.44. The number of nitriles is 1. The number of nitrogens with zero attached hydrogens (tertiary/aromatic N) is 7. The number of nitrogens with one attached hydrogen (secondary N) is 1. The van der Waals surface area contributed by atoms with Crippen molar-refractivity contribution in [2.45, 2.75) is 129 Å². The Balaban J connectivity index is 0.822. The Morgan fingerprint density at radius 2 is 1.68 bits per heavy atom. The van der Waals surface area contributed by atoms with Gasteiger partial charge in [-0.1, -0.05) is 69.6 Å². The molecule has 13 nitrogen and oxygen atoms in total. The molecule has 2 aromatic heterocycles. The van der Waals surface area contributed by atoms with E-state index in [-0.39, 0.29) is 59.3 Å². The Morgan fingerprint density at radius 1 is 0.938 bits per heavy atom. The molecule has 65 heavy (non-hydrogen) atoms. The van der Waals surface area contributed by atoms with E-state index in [2.05, 4.69) is 102 Å². The molecular formula is C51H59ClN8O5. The zero-order valence-electron chi connectivity index (χ0n) is 38.2. The molecule has 0 unspecified atom stereocenters. The van der Waals surface area contributed by atoms with Gasteiger partial charge in [0, 0.05) is 72.5 Å². The maximum atomic E-state index is 13.6. The first-order valence-electron chi connectivity index (χ1n) is 23.1.